The number of nitrogens with zero attached hydrogens (tertiary/aromatic N) is 2. The van der Waals surface area contributed by atoms with Crippen molar-refractivity contribution in [2.24, 2.45) is 11.8 Å². The maximum Gasteiger partial charge on any atom is 0.0107 e. The van der Waals surface area contributed by atoms with E-state index in [9.17, 15) is 0 Å². The van der Waals surface area contributed by atoms with E-state index in [1.165, 1.54) is 38.9 Å². The van der Waals surface area contributed by atoms with Crippen LogP contribution in [0.5, 0.6) is 0 Å². The molecule has 0 aromatic carbocycles. The molecule has 0 spiro atoms. The predicted octanol–water partition coefficient (Wildman–Crippen LogP) is 1.90. The first kappa shape index (κ1) is 15.9. The van der Waals surface area contributed by atoms with Crippen molar-refractivity contribution in [3.05, 3.63) is 0 Å². The number of likely N-dealkylation sites (tertiary alicyclic amines) is 1. The van der Waals surface area contributed by atoms with Gasteiger partial charge in [0.15, 0.2) is 0 Å². The maximum atomic E-state index is 3.54. The number of hydrogen-bond acceptors (Lipinski definition) is 3. The topological polar surface area (TPSA) is 18.5 Å². The average molecular weight is 255 g/mol. The summed E-state index contributed by atoms with van der Waals surface area (Å²) < 4.78 is 0. The van der Waals surface area contributed by atoms with Gasteiger partial charge in [-0.15, -0.1) is 0 Å². The summed E-state index contributed by atoms with van der Waals surface area (Å²) in [5.74, 6) is 1.82. The van der Waals surface area contributed by atoms with E-state index in [0.29, 0.717) is 0 Å². The molecule has 1 aliphatic heterocycles. The fourth-order valence-corrected chi connectivity index (χ4v) is 2.74. The van der Waals surface area contributed by atoms with Gasteiger partial charge in [-0.25, -0.2) is 0 Å². The Morgan fingerprint density at radius 2 is 1.94 bits per heavy atom. The van der Waals surface area contributed by atoms with Crippen LogP contribution < -0.4 is 5.32 Å². The summed E-state index contributed by atoms with van der Waals surface area (Å²) >= 11 is 0. The van der Waals surface area contributed by atoms with E-state index in [-0.39, 0.29) is 0 Å². The zero-order chi connectivity index (χ0) is 13.4. The zero-order valence-electron chi connectivity index (χ0n) is 12.9. The van der Waals surface area contributed by atoms with Gasteiger partial charge in [0.25, 0.3) is 0 Å². The summed E-state index contributed by atoms with van der Waals surface area (Å²) in [4.78, 5) is 4.87. The molecule has 0 radical (unpaired) electrons. The second-order valence-electron chi connectivity index (χ2n) is 6.33. The van der Waals surface area contributed by atoms with Crippen molar-refractivity contribution in [2.75, 3.05) is 53.4 Å². The van der Waals surface area contributed by atoms with Crippen LogP contribution in [0.4, 0.5) is 0 Å². The number of hydrogen-bond donors (Lipinski definition) is 1. The van der Waals surface area contributed by atoms with Crippen LogP contribution in [0.3, 0.4) is 0 Å². The van der Waals surface area contributed by atoms with Gasteiger partial charge in [-0.3, -0.25) is 0 Å². The fraction of sp³-hybridized carbons (Fsp3) is 1.00. The molecule has 1 atom stereocenters. The van der Waals surface area contributed by atoms with Crippen LogP contribution >= 0.6 is 0 Å². The highest BCUT2D eigenvalue weighted by molar-refractivity contribution is 4.72. The summed E-state index contributed by atoms with van der Waals surface area (Å²) in [5, 5.41) is 3.54. The lowest BCUT2D eigenvalue weighted by atomic mass is 9.89. The Morgan fingerprint density at radius 1 is 1.17 bits per heavy atom. The molecule has 18 heavy (non-hydrogen) atoms. The van der Waals surface area contributed by atoms with Crippen LogP contribution in [-0.4, -0.2) is 63.2 Å². The molecule has 1 heterocycles. The lowest BCUT2D eigenvalue weighted by Gasteiger charge is -2.21. The summed E-state index contributed by atoms with van der Waals surface area (Å²) in [5.41, 5.74) is 0. The zero-order valence-corrected chi connectivity index (χ0v) is 12.9. The van der Waals surface area contributed by atoms with E-state index < -0.39 is 0 Å². The van der Waals surface area contributed by atoms with Gasteiger partial charge in [-0.05, 0) is 58.3 Å². The van der Waals surface area contributed by atoms with Gasteiger partial charge in [0.1, 0.15) is 0 Å². The molecular weight excluding hydrogens is 222 g/mol. The molecule has 1 rings (SSSR count). The quantitative estimate of drug-likeness (QED) is 0.701. The smallest absolute Gasteiger partial charge is 0.0107 e. The maximum absolute atomic E-state index is 3.54. The van der Waals surface area contributed by atoms with Crippen LogP contribution in [0.1, 0.15) is 33.1 Å². The largest absolute Gasteiger partial charge is 0.314 e. The van der Waals surface area contributed by atoms with Gasteiger partial charge in [-0.1, -0.05) is 13.8 Å². The third kappa shape index (κ3) is 6.72. The molecule has 0 aliphatic carbocycles. The average Bonchev–Trinajstić information content (AvgIpc) is 2.53. The van der Waals surface area contributed by atoms with Crippen LogP contribution in [0, 0.1) is 11.8 Å². The van der Waals surface area contributed by atoms with Crippen molar-refractivity contribution in [3.8, 4) is 0 Å². The van der Waals surface area contributed by atoms with Gasteiger partial charge in [0.2, 0.25) is 0 Å². The van der Waals surface area contributed by atoms with Gasteiger partial charge < -0.3 is 15.1 Å². The fourth-order valence-electron chi connectivity index (χ4n) is 2.74. The molecule has 0 aromatic rings. The van der Waals surface area contributed by atoms with Gasteiger partial charge in [-0.2, -0.15) is 0 Å². The first-order chi connectivity index (χ1) is 8.59. The Balaban J connectivity index is 2.08. The predicted molar refractivity (Wildman–Crippen MR) is 80.0 cm³/mol. The van der Waals surface area contributed by atoms with Crippen molar-refractivity contribution in [2.45, 2.75) is 33.1 Å². The Morgan fingerprint density at radius 3 is 2.61 bits per heavy atom. The third-order valence-corrected chi connectivity index (χ3v) is 4.15. The highest BCUT2D eigenvalue weighted by atomic mass is 15.1. The molecule has 1 fully saturated rings. The molecule has 1 unspecified atom stereocenters. The molecule has 0 aromatic heterocycles. The van der Waals surface area contributed by atoms with Crippen molar-refractivity contribution < 1.29 is 0 Å². The first-order valence-electron chi connectivity index (χ1n) is 7.67. The standard InChI is InChI=1S/C15H33N3/c1-14(2)15-6-5-10-18(11-7-15)13-9-16-8-12-17(3)4/h14-16H,5-13H2,1-4H3. The molecule has 3 nitrogen and oxygen atoms in total. The lowest BCUT2D eigenvalue weighted by Crippen LogP contribution is -2.35. The number of nitrogens with one attached hydrogen (secondary N) is 1. The second kappa shape index (κ2) is 8.89. The van der Waals surface area contributed by atoms with E-state index in [1.54, 1.807) is 0 Å². The first-order valence-corrected chi connectivity index (χ1v) is 7.67. The normalized spacial score (nSPS) is 22.7. The molecule has 1 N–H and O–H groups in total. The van der Waals surface area contributed by atoms with Crippen molar-refractivity contribution in [1.29, 1.82) is 0 Å². The molecule has 3 heteroatoms. The summed E-state index contributed by atoms with van der Waals surface area (Å²) in [6, 6.07) is 0. The minimum Gasteiger partial charge on any atom is -0.314 e. The summed E-state index contributed by atoms with van der Waals surface area (Å²) in [7, 11) is 4.26. The number of likely N-dealkylation sites (N-methyl/N-ethyl adjacent to an activating group) is 1. The Labute approximate surface area is 114 Å². The summed E-state index contributed by atoms with van der Waals surface area (Å²) in [6.45, 7) is 12.0. The molecular formula is C15H33N3. The van der Waals surface area contributed by atoms with E-state index in [4.69, 9.17) is 0 Å². The third-order valence-electron chi connectivity index (χ3n) is 4.15. The Bertz CT molecular complexity index is 204. The Hall–Kier alpha value is -0.120. The monoisotopic (exact) mass is 255 g/mol. The minimum atomic E-state index is 0.864. The molecule has 0 saturated carbocycles. The Kier molecular flexibility index (Phi) is 7.87. The summed E-state index contributed by atoms with van der Waals surface area (Å²) in [6.07, 6.45) is 4.22. The van der Waals surface area contributed by atoms with Crippen LogP contribution in [0.25, 0.3) is 0 Å². The van der Waals surface area contributed by atoms with E-state index >= 15 is 0 Å². The van der Waals surface area contributed by atoms with Crippen molar-refractivity contribution in [3.63, 3.8) is 0 Å². The number of rotatable bonds is 7. The van der Waals surface area contributed by atoms with E-state index in [2.05, 4.69) is 43.1 Å². The SMILES string of the molecule is CC(C)C1CCCN(CCNCCN(C)C)CC1. The van der Waals surface area contributed by atoms with Gasteiger partial charge >= 0.3 is 0 Å². The van der Waals surface area contributed by atoms with E-state index in [0.717, 1.165) is 31.5 Å². The molecule has 1 saturated heterocycles. The van der Waals surface area contributed by atoms with Crippen LogP contribution in [-0.2, 0) is 0 Å². The van der Waals surface area contributed by atoms with Gasteiger partial charge in [0, 0.05) is 26.2 Å². The van der Waals surface area contributed by atoms with Crippen LogP contribution in [0.15, 0.2) is 0 Å². The van der Waals surface area contributed by atoms with E-state index in [1.807, 2.05) is 0 Å². The minimum absolute atomic E-state index is 0.864. The highest BCUT2D eigenvalue weighted by Crippen LogP contribution is 2.24. The molecule has 0 amide bonds. The van der Waals surface area contributed by atoms with Gasteiger partial charge in [0.05, 0.1) is 0 Å². The van der Waals surface area contributed by atoms with Crippen molar-refractivity contribution >= 4 is 0 Å². The van der Waals surface area contributed by atoms with Crippen molar-refractivity contribution in [1.82, 2.24) is 15.1 Å². The second-order valence-corrected chi connectivity index (χ2v) is 6.33. The van der Waals surface area contributed by atoms with Crippen LogP contribution in [0.2, 0.25) is 0 Å². The highest BCUT2D eigenvalue weighted by Gasteiger charge is 2.18. The molecule has 1 aliphatic rings. The molecule has 0 bridgehead atoms. The molecule has 108 valence electrons. The lowest BCUT2D eigenvalue weighted by molar-refractivity contribution is 0.270.